The minimum absolute atomic E-state index is 0.199. The highest BCUT2D eigenvalue weighted by atomic mass is 16.4. The third kappa shape index (κ3) is 5.21. The number of unbranched alkanes of at least 4 members (excludes halogenated alkanes) is 2. The minimum Gasteiger partial charge on any atom is -0.481 e. The summed E-state index contributed by atoms with van der Waals surface area (Å²) in [5.74, 6) is -1.77. The molecule has 0 saturated heterocycles. The van der Waals surface area contributed by atoms with Crippen LogP contribution in [0.15, 0.2) is 0 Å². The maximum Gasteiger partial charge on any atom is 0.309 e. The van der Waals surface area contributed by atoms with E-state index in [-0.39, 0.29) is 6.42 Å². The highest BCUT2D eigenvalue weighted by Gasteiger charge is 2.44. The molecule has 0 fully saturated rings. The second-order valence-corrected chi connectivity index (χ2v) is 6.16. The van der Waals surface area contributed by atoms with E-state index in [9.17, 15) is 19.8 Å². The number of carboxylic acids is 2. The van der Waals surface area contributed by atoms with Crippen LogP contribution in [0.4, 0.5) is 0 Å². The highest BCUT2D eigenvalue weighted by molar-refractivity contribution is 5.78. The first-order valence-electron chi connectivity index (χ1n) is 7.18. The van der Waals surface area contributed by atoms with Gasteiger partial charge in [-0.3, -0.25) is 9.59 Å². The van der Waals surface area contributed by atoms with E-state index in [0.29, 0.717) is 12.8 Å². The van der Waals surface area contributed by atoms with Gasteiger partial charge in [0.05, 0.1) is 10.8 Å². The molecule has 0 aromatic carbocycles. The summed E-state index contributed by atoms with van der Waals surface area (Å²) >= 11 is 0. The van der Waals surface area contributed by atoms with Gasteiger partial charge in [0.1, 0.15) is 0 Å². The van der Waals surface area contributed by atoms with Crippen molar-refractivity contribution in [3.63, 3.8) is 0 Å². The molecule has 0 radical (unpaired) electrons. The van der Waals surface area contributed by atoms with Gasteiger partial charge in [-0.15, -0.1) is 0 Å². The van der Waals surface area contributed by atoms with Crippen LogP contribution in [0, 0.1) is 10.8 Å². The summed E-state index contributed by atoms with van der Waals surface area (Å²) in [6, 6.07) is 0. The predicted octanol–water partition coefficient (Wildman–Crippen LogP) is 3.94. The van der Waals surface area contributed by atoms with Gasteiger partial charge in [0.2, 0.25) is 0 Å². The van der Waals surface area contributed by atoms with Gasteiger partial charge in [0.15, 0.2) is 0 Å². The molecule has 0 unspecified atom stereocenters. The Balaban J connectivity index is 5.19. The number of hydrogen-bond donors (Lipinski definition) is 2. The van der Waals surface area contributed by atoms with Crippen LogP contribution in [0.3, 0.4) is 0 Å². The predicted molar refractivity (Wildman–Crippen MR) is 75.2 cm³/mol. The van der Waals surface area contributed by atoms with E-state index in [1.807, 2.05) is 13.8 Å². The largest absolute Gasteiger partial charge is 0.481 e. The van der Waals surface area contributed by atoms with Crippen molar-refractivity contribution in [3.05, 3.63) is 0 Å². The second-order valence-electron chi connectivity index (χ2n) is 6.16. The molecular formula is C15H28O4. The van der Waals surface area contributed by atoms with Crippen LogP contribution in [0.2, 0.25) is 0 Å². The van der Waals surface area contributed by atoms with Crippen molar-refractivity contribution in [1.29, 1.82) is 0 Å². The summed E-state index contributed by atoms with van der Waals surface area (Å²) in [6.07, 6.45) is 4.83. The van der Waals surface area contributed by atoms with Gasteiger partial charge in [0, 0.05) is 0 Å². The highest BCUT2D eigenvalue weighted by Crippen LogP contribution is 2.42. The average molecular weight is 272 g/mol. The Morgan fingerprint density at radius 1 is 0.895 bits per heavy atom. The van der Waals surface area contributed by atoms with Gasteiger partial charge in [-0.2, -0.15) is 0 Å². The van der Waals surface area contributed by atoms with E-state index in [2.05, 4.69) is 0 Å². The molecule has 4 heteroatoms. The molecule has 0 aromatic heterocycles. The molecule has 4 nitrogen and oxygen atoms in total. The molecule has 0 bridgehead atoms. The standard InChI is InChI=1S/C15H28O4/c1-5-7-9-15(13(18)19,10-8-6-2)11-14(3,4)12(16)17/h5-11H2,1-4H3,(H,16,17)(H,18,19). The molecule has 0 atom stereocenters. The van der Waals surface area contributed by atoms with E-state index in [0.717, 1.165) is 25.7 Å². The van der Waals surface area contributed by atoms with Crippen molar-refractivity contribution in [2.75, 3.05) is 0 Å². The van der Waals surface area contributed by atoms with Gasteiger partial charge < -0.3 is 10.2 Å². The van der Waals surface area contributed by atoms with Crippen LogP contribution in [-0.4, -0.2) is 22.2 Å². The first kappa shape index (κ1) is 17.9. The molecule has 0 rings (SSSR count). The van der Waals surface area contributed by atoms with E-state index < -0.39 is 22.8 Å². The van der Waals surface area contributed by atoms with Crippen molar-refractivity contribution < 1.29 is 19.8 Å². The fraction of sp³-hybridized carbons (Fsp3) is 0.867. The Morgan fingerprint density at radius 2 is 1.32 bits per heavy atom. The lowest BCUT2D eigenvalue weighted by molar-refractivity contribution is -0.157. The van der Waals surface area contributed by atoms with E-state index in [1.54, 1.807) is 13.8 Å². The maximum absolute atomic E-state index is 11.7. The van der Waals surface area contributed by atoms with Crippen LogP contribution in [0.25, 0.3) is 0 Å². The number of rotatable bonds is 10. The number of carbonyl (C=O) groups is 2. The Bertz CT molecular complexity index is 299. The van der Waals surface area contributed by atoms with Gasteiger partial charge >= 0.3 is 11.9 Å². The minimum atomic E-state index is -1.00. The number of carboxylic acid groups (broad SMARTS) is 2. The van der Waals surface area contributed by atoms with Crippen molar-refractivity contribution in [3.8, 4) is 0 Å². The van der Waals surface area contributed by atoms with Crippen molar-refractivity contribution in [2.45, 2.75) is 72.6 Å². The topological polar surface area (TPSA) is 74.6 Å². The third-order valence-corrected chi connectivity index (χ3v) is 3.83. The van der Waals surface area contributed by atoms with E-state index in [4.69, 9.17) is 0 Å². The van der Waals surface area contributed by atoms with E-state index >= 15 is 0 Å². The Morgan fingerprint density at radius 3 is 1.58 bits per heavy atom. The fourth-order valence-corrected chi connectivity index (χ4v) is 2.54. The van der Waals surface area contributed by atoms with Crippen LogP contribution >= 0.6 is 0 Å². The molecular weight excluding hydrogens is 244 g/mol. The van der Waals surface area contributed by atoms with Crippen LogP contribution in [0.5, 0.6) is 0 Å². The first-order valence-corrected chi connectivity index (χ1v) is 7.18. The third-order valence-electron chi connectivity index (χ3n) is 3.83. The quantitative estimate of drug-likeness (QED) is 0.631. The second kappa shape index (κ2) is 7.51. The van der Waals surface area contributed by atoms with Crippen LogP contribution < -0.4 is 0 Å². The Kier molecular flexibility index (Phi) is 7.09. The number of aliphatic carboxylic acids is 2. The number of hydrogen-bond acceptors (Lipinski definition) is 2. The van der Waals surface area contributed by atoms with E-state index in [1.165, 1.54) is 0 Å². The van der Waals surface area contributed by atoms with Crippen molar-refractivity contribution in [1.82, 2.24) is 0 Å². The summed E-state index contributed by atoms with van der Waals surface area (Å²) in [5.41, 5.74) is -1.90. The van der Waals surface area contributed by atoms with Gasteiger partial charge in [-0.25, -0.2) is 0 Å². The lowest BCUT2D eigenvalue weighted by atomic mass is 9.67. The lowest BCUT2D eigenvalue weighted by Crippen LogP contribution is -2.39. The molecule has 0 aliphatic carbocycles. The molecule has 0 spiro atoms. The summed E-state index contributed by atoms with van der Waals surface area (Å²) in [5, 5.41) is 18.9. The normalized spacial score (nSPS) is 12.4. The van der Waals surface area contributed by atoms with Gasteiger partial charge in [0.25, 0.3) is 0 Å². The van der Waals surface area contributed by atoms with Crippen LogP contribution in [0.1, 0.15) is 72.6 Å². The summed E-state index contributed by atoms with van der Waals surface area (Å²) < 4.78 is 0. The van der Waals surface area contributed by atoms with Crippen molar-refractivity contribution in [2.24, 2.45) is 10.8 Å². The Hall–Kier alpha value is -1.06. The lowest BCUT2D eigenvalue weighted by Gasteiger charge is -2.35. The molecule has 0 saturated carbocycles. The maximum atomic E-state index is 11.7. The molecule has 19 heavy (non-hydrogen) atoms. The Labute approximate surface area is 116 Å². The molecule has 0 heterocycles. The average Bonchev–Trinajstić information content (AvgIpc) is 2.32. The zero-order valence-corrected chi connectivity index (χ0v) is 12.7. The molecule has 112 valence electrons. The summed E-state index contributed by atoms with van der Waals surface area (Å²) in [4.78, 5) is 23.0. The molecule has 0 aromatic rings. The summed E-state index contributed by atoms with van der Waals surface area (Å²) in [7, 11) is 0. The van der Waals surface area contributed by atoms with Gasteiger partial charge in [-0.05, 0) is 33.1 Å². The molecule has 0 amide bonds. The van der Waals surface area contributed by atoms with Gasteiger partial charge in [-0.1, -0.05) is 39.5 Å². The fourth-order valence-electron chi connectivity index (χ4n) is 2.54. The zero-order valence-electron chi connectivity index (χ0n) is 12.7. The first-order chi connectivity index (χ1) is 8.72. The smallest absolute Gasteiger partial charge is 0.309 e. The molecule has 2 N–H and O–H groups in total. The SMILES string of the molecule is CCCCC(CCCC)(CC(C)(C)C(=O)O)C(=O)O. The molecule has 0 aliphatic heterocycles. The monoisotopic (exact) mass is 272 g/mol. The van der Waals surface area contributed by atoms with Crippen molar-refractivity contribution >= 4 is 11.9 Å². The summed E-state index contributed by atoms with van der Waals surface area (Å²) in [6.45, 7) is 7.28. The molecule has 0 aliphatic rings. The van der Waals surface area contributed by atoms with Crippen LogP contribution in [-0.2, 0) is 9.59 Å². The zero-order chi connectivity index (χ0) is 15.1.